The molecule has 0 aromatic heterocycles. The molecule has 0 saturated heterocycles. The molecule has 3 N–H and O–H groups in total. The van der Waals surface area contributed by atoms with Gasteiger partial charge in [0.2, 0.25) is 0 Å². The van der Waals surface area contributed by atoms with Crippen LogP contribution in [0.15, 0.2) is 54.6 Å². The summed E-state index contributed by atoms with van der Waals surface area (Å²) in [4.78, 5) is 12.2. The minimum absolute atomic E-state index is 0.00961. The van der Waals surface area contributed by atoms with Crippen LogP contribution in [0.1, 0.15) is 18.4 Å². The van der Waals surface area contributed by atoms with Crippen molar-refractivity contribution < 1.29 is 14.6 Å². The number of benzene rings is 2. The molecule has 0 spiro atoms. The summed E-state index contributed by atoms with van der Waals surface area (Å²) in [6, 6.07) is 16.2. The molecular weight excluding hydrogens is 292 g/mol. The number of carbonyl (C=O) groups is 1. The number of nitrogens with one attached hydrogen (secondary N) is 2. The van der Waals surface area contributed by atoms with E-state index >= 15 is 0 Å². The van der Waals surface area contributed by atoms with Crippen molar-refractivity contribution in [1.29, 1.82) is 0 Å². The van der Waals surface area contributed by atoms with Gasteiger partial charge in [-0.2, -0.15) is 0 Å². The number of ether oxygens (including phenoxy) is 1. The highest BCUT2D eigenvalue weighted by atomic mass is 16.5. The number of amides is 2. The van der Waals surface area contributed by atoms with Crippen LogP contribution in [0.3, 0.4) is 0 Å². The van der Waals surface area contributed by atoms with Crippen LogP contribution < -0.4 is 15.4 Å². The molecular formula is C18H22N2O3. The highest BCUT2D eigenvalue weighted by Gasteiger charge is 2.20. The molecule has 2 atom stereocenters. The molecule has 2 unspecified atom stereocenters. The van der Waals surface area contributed by atoms with Gasteiger partial charge in [0.25, 0.3) is 0 Å². The van der Waals surface area contributed by atoms with Crippen LogP contribution in [-0.4, -0.2) is 30.9 Å². The normalized spacial score (nSPS) is 13.0. The second-order valence-corrected chi connectivity index (χ2v) is 5.29. The lowest BCUT2D eigenvalue weighted by molar-refractivity contribution is 0.215. The molecule has 2 aromatic carbocycles. The molecule has 5 nitrogen and oxygen atoms in total. The van der Waals surface area contributed by atoms with E-state index in [-0.39, 0.29) is 24.6 Å². The van der Waals surface area contributed by atoms with Gasteiger partial charge in [0.1, 0.15) is 5.75 Å². The summed E-state index contributed by atoms with van der Waals surface area (Å²) in [7, 11) is 1.55. The van der Waals surface area contributed by atoms with Crippen LogP contribution in [0.4, 0.5) is 10.5 Å². The third-order valence-electron chi connectivity index (χ3n) is 3.80. The summed E-state index contributed by atoms with van der Waals surface area (Å²) in [6.07, 6.45) is 0. The molecule has 0 aliphatic rings. The summed E-state index contributed by atoms with van der Waals surface area (Å²) in [5, 5.41) is 15.2. The van der Waals surface area contributed by atoms with E-state index in [1.165, 1.54) is 0 Å². The number of rotatable bonds is 6. The molecule has 2 aromatic rings. The maximum Gasteiger partial charge on any atom is 0.319 e. The molecule has 0 radical (unpaired) electrons. The Bertz CT molecular complexity index is 631. The first kappa shape index (κ1) is 16.8. The highest BCUT2D eigenvalue weighted by molar-refractivity contribution is 5.91. The Hall–Kier alpha value is -2.53. The highest BCUT2D eigenvalue weighted by Crippen LogP contribution is 2.23. The minimum atomic E-state index is -0.382. The van der Waals surface area contributed by atoms with Gasteiger partial charge in [0.15, 0.2) is 0 Å². The third-order valence-corrected chi connectivity index (χ3v) is 3.80. The van der Waals surface area contributed by atoms with E-state index in [9.17, 15) is 9.90 Å². The summed E-state index contributed by atoms with van der Waals surface area (Å²) in [5.41, 5.74) is 1.64. The molecule has 0 heterocycles. The predicted octanol–water partition coefficient (Wildman–Crippen LogP) is 2.98. The number of urea groups is 1. The van der Waals surface area contributed by atoms with Gasteiger partial charge < -0.3 is 20.5 Å². The van der Waals surface area contributed by atoms with Crippen molar-refractivity contribution in [2.24, 2.45) is 0 Å². The quantitative estimate of drug-likeness (QED) is 0.767. The van der Waals surface area contributed by atoms with E-state index in [1.807, 2.05) is 49.4 Å². The fourth-order valence-corrected chi connectivity index (χ4v) is 2.39. The predicted molar refractivity (Wildman–Crippen MR) is 90.9 cm³/mol. The van der Waals surface area contributed by atoms with Crippen LogP contribution in [-0.2, 0) is 0 Å². The van der Waals surface area contributed by atoms with Crippen molar-refractivity contribution in [2.45, 2.75) is 18.9 Å². The molecule has 0 aliphatic heterocycles. The van der Waals surface area contributed by atoms with Gasteiger partial charge in [-0.1, -0.05) is 49.4 Å². The van der Waals surface area contributed by atoms with E-state index < -0.39 is 0 Å². The number of anilines is 1. The van der Waals surface area contributed by atoms with E-state index in [0.29, 0.717) is 11.4 Å². The zero-order chi connectivity index (χ0) is 16.7. The van der Waals surface area contributed by atoms with E-state index in [2.05, 4.69) is 10.6 Å². The lowest BCUT2D eigenvalue weighted by atomic mass is 9.94. The summed E-state index contributed by atoms with van der Waals surface area (Å²) < 4.78 is 5.20. The summed E-state index contributed by atoms with van der Waals surface area (Å²) in [6.45, 7) is 1.83. The van der Waals surface area contributed by atoms with E-state index in [0.717, 1.165) is 5.56 Å². The SMILES string of the molecule is COc1ccccc1NC(=O)NC(CO)C(C)c1ccccc1. The van der Waals surface area contributed by atoms with E-state index in [4.69, 9.17) is 4.74 Å². The number of carbonyl (C=O) groups excluding carboxylic acids is 1. The Morgan fingerprint density at radius 1 is 1.13 bits per heavy atom. The van der Waals surface area contributed by atoms with Crippen molar-refractivity contribution in [2.75, 3.05) is 19.0 Å². The zero-order valence-electron chi connectivity index (χ0n) is 13.3. The fourth-order valence-electron chi connectivity index (χ4n) is 2.39. The van der Waals surface area contributed by atoms with Gasteiger partial charge in [-0.3, -0.25) is 0 Å². The summed E-state index contributed by atoms with van der Waals surface area (Å²) in [5.74, 6) is 0.573. The molecule has 23 heavy (non-hydrogen) atoms. The Morgan fingerprint density at radius 2 is 1.78 bits per heavy atom. The average molecular weight is 314 g/mol. The Labute approximate surface area is 136 Å². The molecule has 0 bridgehead atoms. The van der Waals surface area contributed by atoms with Crippen molar-refractivity contribution in [3.63, 3.8) is 0 Å². The largest absolute Gasteiger partial charge is 0.495 e. The number of para-hydroxylation sites is 2. The second kappa shape index (κ2) is 8.19. The maximum atomic E-state index is 12.2. The smallest absolute Gasteiger partial charge is 0.319 e. The number of aliphatic hydroxyl groups is 1. The van der Waals surface area contributed by atoms with Gasteiger partial charge in [-0.05, 0) is 17.7 Å². The molecule has 0 saturated carbocycles. The van der Waals surface area contributed by atoms with Crippen molar-refractivity contribution in [3.8, 4) is 5.75 Å². The van der Waals surface area contributed by atoms with Crippen LogP contribution in [0.25, 0.3) is 0 Å². The van der Waals surface area contributed by atoms with Crippen LogP contribution in [0, 0.1) is 0 Å². The van der Waals surface area contributed by atoms with Gasteiger partial charge in [-0.15, -0.1) is 0 Å². The van der Waals surface area contributed by atoms with Gasteiger partial charge in [-0.25, -0.2) is 4.79 Å². The lowest BCUT2D eigenvalue weighted by Gasteiger charge is -2.24. The molecule has 2 rings (SSSR count). The first-order chi connectivity index (χ1) is 11.2. The number of methoxy groups -OCH3 is 1. The van der Waals surface area contributed by atoms with Crippen molar-refractivity contribution >= 4 is 11.7 Å². The number of aliphatic hydroxyl groups excluding tert-OH is 1. The monoisotopic (exact) mass is 314 g/mol. The third kappa shape index (κ3) is 4.47. The lowest BCUT2D eigenvalue weighted by Crippen LogP contribution is -2.43. The maximum absolute atomic E-state index is 12.2. The first-order valence-electron chi connectivity index (χ1n) is 7.52. The van der Waals surface area contributed by atoms with Crippen LogP contribution in [0.5, 0.6) is 5.75 Å². The van der Waals surface area contributed by atoms with Gasteiger partial charge in [0, 0.05) is 5.92 Å². The molecule has 2 amide bonds. The summed E-state index contributed by atoms with van der Waals surface area (Å²) >= 11 is 0. The Kier molecular flexibility index (Phi) is 6.00. The Balaban J connectivity index is 2.02. The van der Waals surface area contributed by atoms with Crippen LogP contribution in [0.2, 0.25) is 0 Å². The number of hydrogen-bond donors (Lipinski definition) is 3. The standard InChI is InChI=1S/C18H22N2O3/c1-13(14-8-4-3-5-9-14)16(12-21)20-18(22)19-15-10-6-7-11-17(15)23-2/h3-11,13,16,21H,12H2,1-2H3,(H2,19,20,22). The first-order valence-corrected chi connectivity index (χ1v) is 7.52. The van der Waals surface area contributed by atoms with Gasteiger partial charge >= 0.3 is 6.03 Å². The molecule has 0 fully saturated rings. The topological polar surface area (TPSA) is 70.6 Å². The van der Waals surface area contributed by atoms with E-state index in [1.54, 1.807) is 19.2 Å². The Morgan fingerprint density at radius 3 is 2.43 bits per heavy atom. The number of hydrogen-bond acceptors (Lipinski definition) is 3. The van der Waals surface area contributed by atoms with Gasteiger partial charge in [0.05, 0.1) is 25.4 Å². The minimum Gasteiger partial charge on any atom is -0.495 e. The van der Waals surface area contributed by atoms with Crippen LogP contribution >= 0.6 is 0 Å². The zero-order valence-corrected chi connectivity index (χ0v) is 13.3. The fraction of sp³-hybridized carbons (Fsp3) is 0.278. The molecule has 122 valence electrons. The average Bonchev–Trinajstić information content (AvgIpc) is 2.60. The molecule has 0 aliphatic carbocycles. The molecule has 5 heteroatoms. The van der Waals surface area contributed by atoms with Crippen molar-refractivity contribution in [1.82, 2.24) is 5.32 Å². The second-order valence-electron chi connectivity index (χ2n) is 5.29. The van der Waals surface area contributed by atoms with Crippen molar-refractivity contribution in [3.05, 3.63) is 60.2 Å².